The van der Waals surface area contributed by atoms with E-state index >= 15 is 0 Å². The predicted octanol–water partition coefficient (Wildman–Crippen LogP) is 3.15. The van der Waals surface area contributed by atoms with E-state index in [0.717, 1.165) is 31.9 Å². The average molecular weight is 279 g/mol. The first-order valence-corrected chi connectivity index (χ1v) is 7.99. The Balaban J connectivity index is 2.30. The third-order valence-corrected chi connectivity index (χ3v) is 4.71. The molecule has 4 nitrogen and oxygen atoms in total. The van der Waals surface area contributed by atoms with Crippen molar-refractivity contribution in [3.8, 4) is 0 Å². The molecule has 1 atom stereocenters. The highest BCUT2D eigenvalue weighted by Crippen LogP contribution is 2.43. The summed E-state index contributed by atoms with van der Waals surface area (Å²) in [4.78, 5) is 0. The zero-order chi connectivity index (χ0) is 14.6. The van der Waals surface area contributed by atoms with Crippen LogP contribution < -0.4 is 5.32 Å². The van der Waals surface area contributed by atoms with Gasteiger partial charge >= 0.3 is 0 Å². The lowest BCUT2D eigenvalue weighted by molar-refractivity contribution is -0.0978. The second-order valence-electron chi connectivity index (χ2n) is 5.97. The van der Waals surface area contributed by atoms with E-state index in [1.807, 2.05) is 13.2 Å². The molecule has 1 aromatic rings. The van der Waals surface area contributed by atoms with Gasteiger partial charge in [0.2, 0.25) is 0 Å². The van der Waals surface area contributed by atoms with E-state index in [0.29, 0.717) is 0 Å². The lowest BCUT2D eigenvalue weighted by Crippen LogP contribution is -2.48. The zero-order valence-electron chi connectivity index (χ0n) is 13.4. The predicted molar refractivity (Wildman–Crippen MR) is 81.7 cm³/mol. The molecule has 1 unspecified atom stereocenters. The van der Waals surface area contributed by atoms with E-state index in [1.165, 1.54) is 18.5 Å². The fourth-order valence-electron chi connectivity index (χ4n) is 3.59. The summed E-state index contributed by atoms with van der Waals surface area (Å²) in [5.74, 6) is 0.817. The molecule has 0 spiro atoms. The van der Waals surface area contributed by atoms with Gasteiger partial charge in [0.05, 0.1) is 17.3 Å². The van der Waals surface area contributed by atoms with Crippen LogP contribution in [0.1, 0.15) is 58.2 Å². The largest absolute Gasteiger partial charge is 0.373 e. The molecule has 114 valence electrons. The highest BCUT2D eigenvalue weighted by atomic mass is 16.5. The van der Waals surface area contributed by atoms with Gasteiger partial charge in [-0.3, -0.25) is 4.68 Å². The van der Waals surface area contributed by atoms with Crippen LogP contribution in [-0.2, 0) is 11.3 Å². The molecular formula is C16H29N3O. The highest BCUT2D eigenvalue weighted by molar-refractivity contribution is 5.14. The van der Waals surface area contributed by atoms with Crippen LogP contribution in [-0.4, -0.2) is 29.0 Å². The molecule has 2 rings (SSSR count). The van der Waals surface area contributed by atoms with Crippen molar-refractivity contribution >= 4 is 0 Å². The summed E-state index contributed by atoms with van der Waals surface area (Å²) in [6, 6.07) is 2.35. The number of hydrogen-bond acceptors (Lipinski definition) is 3. The number of nitrogens with zero attached hydrogens (tertiary/aromatic N) is 2. The summed E-state index contributed by atoms with van der Waals surface area (Å²) >= 11 is 0. The fourth-order valence-corrected chi connectivity index (χ4v) is 3.59. The molecular weight excluding hydrogens is 250 g/mol. The first kappa shape index (κ1) is 15.5. The summed E-state index contributed by atoms with van der Waals surface area (Å²) < 4.78 is 8.37. The van der Waals surface area contributed by atoms with Gasteiger partial charge in [-0.1, -0.05) is 6.92 Å². The van der Waals surface area contributed by atoms with Gasteiger partial charge in [-0.05, 0) is 58.6 Å². The van der Waals surface area contributed by atoms with Gasteiger partial charge in [0.1, 0.15) is 0 Å². The van der Waals surface area contributed by atoms with Gasteiger partial charge in [-0.15, -0.1) is 0 Å². The fraction of sp³-hybridized carbons (Fsp3) is 0.812. The van der Waals surface area contributed by atoms with Crippen molar-refractivity contribution < 1.29 is 4.74 Å². The van der Waals surface area contributed by atoms with E-state index in [-0.39, 0.29) is 11.6 Å². The van der Waals surface area contributed by atoms with E-state index in [2.05, 4.69) is 41.9 Å². The normalized spacial score (nSPS) is 28.5. The molecule has 1 N–H and O–H groups in total. The van der Waals surface area contributed by atoms with Gasteiger partial charge in [-0.2, -0.15) is 5.10 Å². The Morgan fingerprint density at radius 3 is 2.70 bits per heavy atom. The molecule has 1 aliphatic carbocycles. The second kappa shape index (κ2) is 6.72. The summed E-state index contributed by atoms with van der Waals surface area (Å²) in [7, 11) is 2.04. The van der Waals surface area contributed by atoms with Crippen LogP contribution in [0.5, 0.6) is 0 Å². The molecule has 1 saturated carbocycles. The zero-order valence-corrected chi connectivity index (χ0v) is 13.4. The molecule has 0 radical (unpaired) electrons. The van der Waals surface area contributed by atoms with Crippen LogP contribution in [0, 0.1) is 5.92 Å². The number of likely N-dealkylation sites (N-methyl/N-ethyl adjacent to an activating group) is 1. The van der Waals surface area contributed by atoms with Crippen LogP contribution >= 0.6 is 0 Å². The van der Waals surface area contributed by atoms with Crippen molar-refractivity contribution in [2.24, 2.45) is 5.92 Å². The van der Waals surface area contributed by atoms with Gasteiger partial charge in [0, 0.05) is 19.3 Å². The Hall–Kier alpha value is -0.870. The lowest BCUT2D eigenvalue weighted by atomic mass is 9.74. The molecule has 0 amide bonds. The molecule has 1 aromatic heterocycles. The van der Waals surface area contributed by atoms with Crippen LogP contribution in [0.4, 0.5) is 0 Å². The number of nitrogens with one attached hydrogen (secondary N) is 1. The second-order valence-corrected chi connectivity index (χ2v) is 5.97. The van der Waals surface area contributed by atoms with E-state index in [1.54, 1.807) is 0 Å². The first-order chi connectivity index (χ1) is 9.66. The molecule has 0 aliphatic heterocycles. The van der Waals surface area contributed by atoms with Crippen LogP contribution in [0.2, 0.25) is 0 Å². The maximum atomic E-state index is 6.29. The Bertz CT molecular complexity index is 408. The number of hydrogen-bond donors (Lipinski definition) is 1. The highest BCUT2D eigenvalue weighted by Gasteiger charge is 2.43. The van der Waals surface area contributed by atoms with Gasteiger partial charge in [0.15, 0.2) is 0 Å². The SMILES string of the molecule is CCOC1(C(NC)c2ccnn2CC)CCC(C)CC1. The van der Waals surface area contributed by atoms with Gasteiger partial charge in [0.25, 0.3) is 0 Å². The van der Waals surface area contributed by atoms with Crippen LogP contribution in [0.15, 0.2) is 12.3 Å². The van der Waals surface area contributed by atoms with E-state index < -0.39 is 0 Å². The number of aromatic nitrogens is 2. The minimum Gasteiger partial charge on any atom is -0.373 e. The maximum absolute atomic E-state index is 6.29. The van der Waals surface area contributed by atoms with Gasteiger partial charge < -0.3 is 10.1 Å². The maximum Gasteiger partial charge on any atom is 0.0891 e. The molecule has 0 bridgehead atoms. The van der Waals surface area contributed by atoms with Crippen molar-refractivity contribution in [2.75, 3.05) is 13.7 Å². The van der Waals surface area contributed by atoms with Crippen LogP contribution in [0.25, 0.3) is 0 Å². The van der Waals surface area contributed by atoms with E-state index in [9.17, 15) is 0 Å². The molecule has 0 saturated heterocycles. The Kier molecular flexibility index (Phi) is 5.22. The summed E-state index contributed by atoms with van der Waals surface area (Å²) in [5, 5.41) is 7.93. The van der Waals surface area contributed by atoms with Crippen molar-refractivity contribution in [3.63, 3.8) is 0 Å². The van der Waals surface area contributed by atoms with Crippen LogP contribution in [0.3, 0.4) is 0 Å². The first-order valence-electron chi connectivity index (χ1n) is 7.99. The van der Waals surface area contributed by atoms with Crippen molar-refractivity contribution in [3.05, 3.63) is 18.0 Å². The summed E-state index contributed by atoms with van der Waals surface area (Å²) in [6.07, 6.45) is 6.65. The molecule has 4 heteroatoms. The smallest absolute Gasteiger partial charge is 0.0891 e. The number of ether oxygens (including phenoxy) is 1. The van der Waals surface area contributed by atoms with E-state index in [4.69, 9.17) is 4.74 Å². The number of aryl methyl sites for hydroxylation is 1. The average Bonchev–Trinajstić information content (AvgIpc) is 2.91. The molecule has 1 fully saturated rings. The monoisotopic (exact) mass is 279 g/mol. The molecule has 0 aromatic carbocycles. The molecule has 1 aliphatic rings. The quantitative estimate of drug-likeness (QED) is 0.869. The minimum atomic E-state index is -0.0804. The Morgan fingerprint density at radius 2 is 2.15 bits per heavy atom. The molecule has 1 heterocycles. The Labute approximate surface area is 122 Å². The van der Waals surface area contributed by atoms with Gasteiger partial charge in [-0.25, -0.2) is 0 Å². The summed E-state index contributed by atoms with van der Waals surface area (Å²) in [6.45, 7) is 8.26. The van der Waals surface area contributed by atoms with Crippen molar-refractivity contribution in [1.82, 2.24) is 15.1 Å². The van der Waals surface area contributed by atoms with Crippen molar-refractivity contribution in [1.29, 1.82) is 0 Å². The minimum absolute atomic E-state index is 0.0804. The van der Waals surface area contributed by atoms with Crippen molar-refractivity contribution in [2.45, 2.75) is 64.6 Å². The third kappa shape index (κ3) is 2.91. The lowest BCUT2D eigenvalue weighted by Gasteiger charge is -2.44. The Morgan fingerprint density at radius 1 is 1.45 bits per heavy atom. The topological polar surface area (TPSA) is 39.1 Å². The standard InChI is InChI=1S/C16H29N3O/c1-5-19-14(9-12-18-19)15(17-4)16(20-6-2)10-7-13(3)8-11-16/h9,12-13,15,17H,5-8,10-11H2,1-4H3. The third-order valence-electron chi connectivity index (χ3n) is 4.71. The molecule has 20 heavy (non-hydrogen) atoms. The summed E-state index contributed by atoms with van der Waals surface area (Å²) in [5.41, 5.74) is 1.17. The number of rotatable bonds is 6.